The molecule has 6 heteroatoms. The zero-order chi connectivity index (χ0) is 15.3. The first-order valence-corrected chi connectivity index (χ1v) is 7.81. The summed E-state index contributed by atoms with van der Waals surface area (Å²) in [5.41, 5.74) is 0.762. The van der Waals surface area contributed by atoms with Crippen molar-refractivity contribution >= 4 is 10.0 Å². The van der Waals surface area contributed by atoms with Crippen molar-refractivity contribution in [3.05, 3.63) is 54.1 Å². The van der Waals surface area contributed by atoms with Crippen molar-refractivity contribution in [3.63, 3.8) is 0 Å². The van der Waals surface area contributed by atoms with E-state index in [0.29, 0.717) is 11.5 Å². The van der Waals surface area contributed by atoms with E-state index in [4.69, 9.17) is 9.47 Å². The average molecular weight is 307 g/mol. The highest BCUT2D eigenvalue weighted by atomic mass is 32.2. The Bertz CT molecular complexity index is 713. The Balaban J connectivity index is 2.22. The molecule has 5 nitrogen and oxygen atoms in total. The summed E-state index contributed by atoms with van der Waals surface area (Å²) in [5.74, 6) is 0.949. The van der Waals surface area contributed by atoms with Crippen LogP contribution < -0.4 is 14.2 Å². The number of methoxy groups -OCH3 is 2. The summed E-state index contributed by atoms with van der Waals surface area (Å²) < 4.78 is 37.5. The van der Waals surface area contributed by atoms with Crippen molar-refractivity contribution < 1.29 is 17.9 Å². The number of hydrogen-bond acceptors (Lipinski definition) is 4. The summed E-state index contributed by atoms with van der Waals surface area (Å²) in [7, 11) is -0.669. The van der Waals surface area contributed by atoms with Crippen LogP contribution in [0.3, 0.4) is 0 Å². The van der Waals surface area contributed by atoms with Crippen molar-refractivity contribution in [3.8, 4) is 11.5 Å². The molecule has 0 heterocycles. The third-order valence-electron chi connectivity index (χ3n) is 3.00. The fourth-order valence-electron chi connectivity index (χ4n) is 1.94. The topological polar surface area (TPSA) is 64.6 Å². The highest BCUT2D eigenvalue weighted by molar-refractivity contribution is 7.89. The van der Waals surface area contributed by atoms with Gasteiger partial charge < -0.3 is 9.47 Å². The second-order valence-electron chi connectivity index (χ2n) is 4.29. The van der Waals surface area contributed by atoms with Crippen LogP contribution in [0.25, 0.3) is 0 Å². The normalized spacial score (nSPS) is 11.1. The highest BCUT2D eigenvalue weighted by Gasteiger charge is 2.19. The van der Waals surface area contributed by atoms with Crippen LogP contribution in [-0.2, 0) is 16.6 Å². The first-order chi connectivity index (χ1) is 10.1. The molecule has 0 saturated carbocycles. The zero-order valence-electron chi connectivity index (χ0n) is 11.9. The van der Waals surface area contributed by atoms with Crippen LogP contribution in [0.5, 0.6) is 11.5 Å². The van der Waals surface area contributed by atoms with E-state index in [1.807, 2.05) is 18.2 Å². The minimum atomic E-state index is -3.66. The number of para-hydroxylation sites is 2. The van der Waals surface area contributed by atoms with Gasteiger partial charge in [0.15, 0.2) is 0 Å². The average Bonchev–Trinajstić information content (AvgIpc) is 2.53. The van der Waals surface area contributed by atoms with E-state index < -0.39 is 10.0 Å². The Morgan fingerprint density at radius 3 is 2.14 bits per heavy atom. The summed E-state index contributed by atoms with van der Waals surface area (Å²) >= 11 is 0. The van der Waals surface area contributed by atoms with Crippen LogP contribution in [0.4, 0.5) is 0 Å². The Kier molecular flexibility index (Phi) is 4.82. The lowest BCUT2D eigenvalue weighted by atomic mass is 10.2. The van der Waals surface area contributed by atoms with Crippen molar-refractivity contribution in [2.45, 2.75) is 11.4 Å². The number of nitrogens with one attached hydrogen (secondary N) is 1. The van der Waals surface area contributed by atoms with Crippen LogP contribution in [0.2, 0.25) is 0 Å². The Morgan fingerprint density at radius 1 is 0.905 bits per heavy atom. The number of benzene rings is 2. The van der Waals surface area contributed by atoms with Crippen LogP contribution >= 0.6 is 0 Å². The monoisotopic (exact) mass is 307 g/mol. The number of rotatable bonds is 6. The molecule has 0 bridgehead atoms. The number of hydrogen-bond donors (Lipinski definition) is 1. The van der Waals surface area contributed by atoms with Crippen LogP contribution in [0.1, 0.15) is 5.56 Å². The predicted octanol–water partition coefficient (Wildman–Crippen LogP) is 2.18. The van der Waals surface area contributed by atoms with Crippen molar-refractivity contribution in [2.75, 3.05) is 14.2 Å². The van der Waals surface area contributed by atoms with E-state index in [1.54, 1.807) is 31.4 Å². The third-order valence-corrected chi connectivity index (χ3v) is 4.44. The maximum absolute atomic E-state index is 12.4. The molecule has 0 radical (unpaired) electrons. The molecule has 0 aliphatic rings. The molecule has 0 saturated heterocycles. The third kappa shape index (κ3) is 3.53. The molecule has 2 aromatic rings. The maximum Gasteiger partial charge on any atom is 0.244 e. The first kappa shape index (κ1) is 15.3. The molecule has 2 rings (SSSR count). The number of ether oxygens (including phenoxy) is 2. The van der Waals surface area contributed by atoms with Crippen LogP contribution in [-0.4, -0.2) is 22.6 Å². The van der Waals surface area contributed by atoms with E-state index >= 15 is 0 Å². The molecule has 0 aliphatic heterocycles. The van der Waals surface area contributed by atoms with Gasteiger partial charge in [-0.3, -0.25) is 0 Å². The summed E-state index contributed by atoms with van der Waals surface area (Å²) in [5, 5.41) is 0. The molecule has 0 unspecified atom stereocenters. The summed E-state index contributed by atoms with van der Waals surface area (Å²) in [6.45, 7) is 0.143. The van der Waals surface area contributed by atoms with Gasteiger partial charge in [0.05, 0.1) is 14.2 Å². The molecule has 0 spiro atoms. The molecule has 112 valence electrons. The molecule has 0 aromatic heterocycles. The molecular weight excluding hydrogens is 290 g/mol. The lowest BCUT2D eigenvalue weighted by Gasteiger charge is -2.12. The van der Waals surface area contributed by atoms with Gasteiger partial charge in [-0.25, -0.2) is 13.1 Å². The van der Waals surface area contributed by atoms with E-state index in [0.717, 1.165) is 5.56 Å². The molecule has 0 aliphatic carbocycles. The molecule has 1 N–H and O–H groups in total. The van der Waals surface area contributed by atoms with E-state index in [1.165, 1.54) is 13.2 Å². The van der Waals surface area contributed by atoms with Crippen LogP contribution in [0.15, 0.2) is 53.4 Å². The molecule has 21 heavy (non-hydrogen) atoms. The van der Waals surface area contributed by atoms with Crippen molar-refractivity contribution in [1.29, 1.82) is 0 Å². The van der Waals surface area contributed by atoms with Gasteiger partial charge in [0.2, 0.25) is 10.0 Å². The summed E-state index contributed by atoms with van der Waals surface area (Å²) in [6, 6.07) is 13.7. The van der Waals surface area contributed by atoms with Gasteiger partial charge >= 0.3 is 0 Å². The molecular formula is C15H17NO4S. The van der Waals surface area contributed by atoms with E-state index in [2.05, 4.69) is 4.72 Å². The highest BCUT2D eigenvalue weighted by Crippen LogP contribution is 2.23. The van der Waals surface area contributed by atoms with Gasteiger partial charge in [-0.15, -0.1) is 0 Å². The second kappa shape index (κ2) is 6.60. The largest absolute Gasteiger partial charge is 0.496 e. The Hall–Kier alpha value is -2.05. The predicted molar refractivity (Wildman–Crippen MR) is 80.0 cm³/mol. The van der Waals surface area contributed by atoms with Gasteiger partial charge in [0, 0.05) is 12.1 Å². The maximum atomic E-state index is 12.4. The standard InChI is InChI=1S/C15H17NO4S/c1-19-13-8-4-3-7-12(13)11-16-21(17,18)15-10-6-5-9-14(15)20-2/h3-10,16H,11H2,1-2H3. The van der Waals surface area contributed by atoms with E-state index in [9.17, 15) is 8.42 Å². The SMILES string of the molecule is COc1ccccc1CNS(=O)(=O)c1ccccc1OC. The fourth-order valence-corrected chi connectivity index (χ4v) is 3.12. The quantitative estimate of drug-likeness (QED) is 0.888. The summed E-state index contributed by atoms with van der Waals surface area (Å²) in [6.07, 6.45) is 0. The van der Waals surface area contributed by atoms with Gasteiger partial charge in [0.1, 0.15) is 16.4 Å². The minimum Gasteiger partial charge on any atom is -0.496 e. The Morgan fingerprint density at radius 2 is 1.48 bits per heavy atom. The lowest BCUT2D eigenvalue weighted by molar-refractivity contribution is 0.402. The molecule has 0 fully saturated rings. The van der Waals surface area contributed by atoms with Crippen LogP contribution in [0, 0.1) is 0 Å². The lowest BCUT2D eigenvalue weighted by Crippen LogP contribution is -2.24. The van der Waals surface area contributed by atoms with Crippen molar-refractivity contribution in [2.24, 2.45) is 0 Å². The molecule has 0 amide bonds. The molecule has 0 atom stereocenters. The van der Waals surface area contributed by atoms with Gasteiger partial charge in [-0.2, -0.15) is 0 Å². The first-order valence-electron chi connectivity index (χ1n) is 6.33. The minimum absolute atomic E-state index is 0.113. The second-order valence-corrected chi connectivity index (χ2v) is 6.02. The van der Waals surface area contributed by atoms with Gasteiger partial charge in [-0.05, 0) is 18.2 Å². The van der Waals surface area contributed by atoms with Gasteiger partial charge in [0.25, 0.3) is 0 Å². The van der Waals surface area contributed by atoms with E-state index in [-0.39, 0.29) is 11.4 Å². The van der Waals surface area contributed by atoms with Gasteiger partial charge in [-0.1, -0.05) is 30.3 Å². The summed E-state index contributed by atoms with van der Waals surface area (Å²) in [4.78, 5) is 0.113. The zero-order valence-corrected chi connectivity index (χ0v) is 12.7. The molecule has 2 aromatic carbocycles. The fraction of sp³-hybridized carbons (Fsp3) is 0.200. The smallest absolute Gasteiger partial charge is 0.244 e. The Labute approximate surface area is 124 Å². The number of sulfonamides is 1. The van der Waals surface area contributed by atoms with Crippen molar-refractivity contribution in [1.82, 2.24) is 4.72 Å².